The molecular formula is C17H19N3O3. The van der Waals surface area contributed by atoms with Gasteiger partial charge in [0.1, 0.15) is 17.4 Å². The number of benzene rings is 1. The Kier molecular flexibility index (Phi) is 4.41. The Morgan fingerprint density at radius 3 is 3.00 bits per heavy atom. The van der Waals surface area contributed by atoms with Gasteiger partial charge in [-0.15, -0.1) is 0 Å². The minimum atomic E-state index is -0.202. The number of rotatable bonds is 4. The summed E-state index contributed by atoms with van der Waals surface area (Å²) < 4.78 is 6.05. The second kappa shape index (κ2) is 6.64. The summed E-state index contributed by atoms with van der Waals surface area (Å²) in [4.78, 5) is 29.0. The van der Waals surface area contributed by atoms with Crippen molar-refractivity contribution in [3.8, 4) is 5.75 Å². The largest absolute Gasteiger partial charge is 0.486 e. The van der Waals surface area contributed by atoms with Crippen LogP contribution in [0.5, 0.6) is 5.75 Å². The van der Waals surface area contributed by atoms with Crippen molar-refractivity contribution in [1.29, 1.82) is 0 Å². The highest BCUT2D eigenvalue weighted by atomic mass is 16.5. The van der Waals surface area contributed by atoms with Crippen LogP contribution in [0.2, 0.25) is 0 Å². The van der Waals surface area contributed by atoms with Crippen LogP contribution >= 0.6 is 0 Å². The van der Waals surface area contributed by atoms with Crippen molar-refractivity contribution in [2.24, 2.45) is 0 Å². The molecule has 6 heteroatoms. The summed E-state index contributed by atoms with van der Waals surface area (Å²) >= 11 is 0. The molecule has 2 heterocycles. The fourth-order valence-corrected chi connectivity index (χ4v) is 2.71. The molecule has 1 atom stereocenters. The van der Waals surface area contributed by atoms with E-state index >= 15 is 0 Å². The van der Waals surface area contributed by atoms with E-state index in [1.165, 1.54) is 6.92 Å². The third-order valence-corrected chi connectivity index (χ3v) is 3.88. The molecule has 6 nitrogen and oxygen atoms in total. The molecule has 3 rings (SSSR count). The van der Waals surface area contributed by atoms with Crippen LogP contribution < -0.4 is 10.1 Å². The van der Waals surface area contributed by atoms with Gasteiger partial charge >= 0.3 is 0 Å². The SMILES string of the molecule is CC(=O)NCC(=O)N1CCC(Oc2cccc3cccnc23)C1. The molecule has 1 fully saturated rings. The summed E-state index contributed by atoms with van der Waals surface area (Å²) in [7, 11) is 0. The molecule has 2 amide bonds. The first-order valence-corrected chi connectivity index (χ1v) is 7.66. The molecule has 23 heavy (non-hydrogen) atoms. The zero-order valence-electron chi connectivity index (χ0n) is 13.0. The molecule has 1 aromatic carbocycles. The van der Waals surface area contributed by atoms with Gasteiger partial charge in [-0.25, -0.2) is 0 Å². The molecular weight excluding hydrogens is 294 g/mol. The molecule has 0 bridgehead atoms. The van der Waals surface area contributed by atoms with Gasteiger partial charge in [0.05, 0.1) is 13.1 Å². The van der Waals surface area contributed by atoms with Crippen molar-refractivity contribution in [1.82, 2.24) is 15.2 Å². The summed E-state index contributed by atoms with van der Waals surface area (Å²) in [6.07, 6.45) is 2.46. The minimum Gasteiger partial charge on any atom is -0.486 e. The van der Waals surface area contributed by atoms with Crippen LogP contribution in [0.15, 0.2) is 36.5 Å². The number of nitrogens with one attached hydrogen (secondary N) is 1. The van der Waals surface area contributed by atoms with E-state index in [1.54, 1.807) is 11.1 Å². The summed E-state index contributed by atoms with van der Waals surface area (Å²) in [5.74, 6) is 0.457. The maximum absolute atomic E-state index is 12.0. The van der Waals surface area contributed by atoms with Gasteiger partial charge in [-0.05, 0) is 12.1 Å². The van der Waals surface area contributed by atoms with Crippen LogP contribution in [-0.2, 0) is 9.59 Å². The number of carbonyl (C=O) groups is 2. The third kappa shape index (κ3) is 3.59. The summed E-state index contributed by atoms with van der Waals surface area (Å²) in [5, 5.41) is 3.56. The Morgan fingerprint density at radius 1 is 1.35 bits per heavy atom. The summed E-state index contributed by atoms with van der Waals surface area (Å²) in [6.45, 7) is 2.61. The second-order valence-corrected chi connectivity index (χ2v) is 5.61. The predicted octanol–water partition coefficient (Wildman–Crippen LogP) is 1.35. The van der Waals surface area contributed by atoms with E-state index in [-0.39, 0.29) is 24.5 Å². The Bertz CT molecular complexity index is 727. The predicted molar refractivity (Wildman–Crippen MR) is 86.0 cm³/mol. The molecule has 1 unspecified atom stereocenters. The van der Waals surface area contributed by atoms with Gasteiger partial charge in [0, 0.05) is 31.5 Å². The molecule has 1 N–H and O–H groups in total. The average molecular weight is 313 g/mol. The smallest absolute Gasteiger partial charge is 0.242 e. The number of para-hydroxylation sites is 1. The van der Waals surface area contributed by atoms with Gasteiger partial charge in [0.25, 0.3) is 0 Å². The van der Waals surface area contributed by atoms with Crippen LogP contribution in [-0.4, -0.2) is 47.4 Å². The first kappa shape index (κ1) is 15.3. The lowest BCUT2D eigenvalue weighted by molar-refractivity contribution is -0.131. The van der Waals surface area contributed by atoms with Crippen LogP contribution in [0.3, 0.4) is 0 Å². The first-order valence-electron chi connectivity index (χ1n) is 7.66. The van der Waals surface area contributed by atoms with Gasteiger partial charge < -0.3 is 15.0 Å². The van der Waals surface area contributed by atoms with Gasteiger partial charge in [-0.2, -0.15) is 0 Å². The second-order valence-electron chi connectivity index (χ2n) is 5.61. The standard InChI is InChI=1S/C17H19N3O3/c1-12(21)19-10-16(22)20-9-7-14(11-20)23-15-6-2-4-13-5-3-8-18-17(13)15/h2-6,8,14H,7,9-11H2,1H3,(H,19,21). The van der Waals surface area contributed by atoms with E-state index in [1.807, 2.05) is 30.3 Å². The zero-order chi connectivity index (χ0) is 16.2. The Morgan fingerprint density at radius 2 is 2.17 bits per heavy atom. The minimum absolute atomic E-state index is 0.0396. The van der Waals surface area contributed by atoms with Crippen molar-refractivity contribution in [2.75, 3.05) is 19.6 Å². The molecule has 1 aliphatic rings. The van der Waals surface area contributed by atoms with E-state index in [2.05, 4.69) is 10.3 Å². The Labute approximate surface area is 134 Å². The fourth-order valence-electron chi connectivity index (χ4n) is 2.71. The molecule has 1 aromatic heterocycles. The molecule has 0 spiro atoms. The number of amides is 2. The lowest BCUT2D eigenvalue weighted by atomic mass is 10.2. The van der Waals surface area contributed by atoms with Crippen molar-refractivity contribution < 1.29 is 14.3 Å². The van der Waals surface area contributed by atoms with Gasteiger partial charge in [-0.1, -0.05) is 18.2 Å². The van der Waals surface area contributed by atoms with Crippen molar-refractivity contribution in [3.05, 3.63) is 36.5 Å². The van der Waals surface area contributed by atoms with E-state index in [4.69, 9.17) is 4.74 Å². The number of hydrogen-bond donors (Lipinski definition) is 1. The highest BCUT2D eigenvalue weighted by Crippen LogP contribution is 2.26. The third-order valence-electron chi connectivity index (χ3n) is 3.88. The Hall–Kier alpha value is -2.63. The molecule has 120 valence electrons. The zero-order valence-corrected chi connectivity index (χ0v) is 13.0. The number of ether oxygens (including phenoxy) is 1. The van der Waals surface area contributed by atoms with Crippen LogP contribution in [0, 0.1) is 0 Å². The molecule has 0 aliphatic carbocycles. The van der Waals surface area contributed by atoms with Gasteiger partial charge in [0.2, 0.25) is 11.8 Å². The van der Waals surface area contributed by atoms with E-state index in [9.17, 15) is 9.59 Å². The number of carbonyl (C=O) groups excluding carboxylic acids is 2. The monoisotopic (exact) mass is 313 g/mol. The molecule has 0 radical (unpaired) electrons. The van der Waals surface area contributed by atoms with Crippen LogP contribution in [0.1, 0.15) is 13.3 Å². The topological polar surface area (TPSA) is 71.5 Å². The molecule has 0 saturated carbocycles. The Balaban J connectivity index is 1.63. The number of pyridine rings is 1. The normalized spacial score (nSPS) is 17.3. The number of hydrogen-bond acceptors (Lipinski definition) is 4. The molecule has 2 aromatic rings. The molecule has 1 aliphatic heterocycles. The highest BCUT2D eigenvalue weighted by molar-refractivity contribution is 5.85. The maximum atomic E-state index is 12.0. The lowest BCUT2D eigenvalue weighted by Gasteiger charge is -2.18. The quantitative estimate of drug-likeness (QED) is 0.925. The van der Waals surface area contributed by atoms with Crippen molar-refractivity contribution in [2.45, 2.75) is 19.4 Å². The number of likely N-dealkylation sites (tertiary alicyclic amines) is 1. The number of aromatic nitrogens is 1. The fraction of sp³-hybridized carbons (Fsp3) is 0.353. The summed E-state index contributed by atoms with van der Waals surface area (Å²) in [6, 6.07) is 9.72. The maximum Gasteiger partial charge on any atom is 0.242 e. The van der Waals surface area contributed by atoms with Crippen LogP contribution in [0.4, 0.5) is 0 Å². The van der Waals surface area contributed by atoms with E-state index < -0.39 is 0 Å². The van der Waals surface area contributed by atoms with Crippen molar-refractivity contribution in [3.63, 3.8) is 0 Å². The number of fused-ring (bicyclic) bond motifs is 1. The first-order chi connectivity index (χ1) is 11.1. The average Bonchev–Trinajstić information content (AvgIpc) is 3.01. The van der Waals surface area contributed by atoms with E-state index in [0.717, 1.165) is 23.1 Å². The van der Waals surface area contributed by atoms with Crippen molar-refractivity contribution >= 4 is 22.7 Å². The van der Waals surface area contributed by atoms with Crippen LogP contribution in [0.25, 0.3) is 10.9 Å². The summed E-state index contributed by atoms with van der Waals surface area (Å²) in [5.41, 5.74) is 0.832. The lowest BCUT2D eigenvalue weighted by Crippen LogP contribution is -2.39. The van der Waals surface area contributed by atoms with Gasteiger partial charge in [-0.3, -0.25) is 14.6 Å². The number of nitrogens with zero attached hydrogens (tertiary/aromatic N) is 2. The van der Waals surface area contributed by atoms with Gasteiger partial charge in [0.15, 0.2) is 0 Å². The van der Waals surface area contributed by atoms with E-state index in [0.29, 0.717) is 13.1 Å². The molecule has 1 saturated heterocycles. The highest BCUT2D eigenvalue weighted by Gasteiger charge is 2.27.